The average molecular weight is 513 g/mol. The normalized spacial score (nSPS) is 19.1. The zero-order valence-corrected chi connectivity index (χ0v) is 22.0. The molecule has 6 bridgehead atoms. The van der Waals surface area contributed by atoms with Gasteiger partial charge in [-0.1, -0.05) is 55.6 Å². The minimum Gasteiger partial charge on any atom is -0.492 e. The number of allylic oxidation sites excluding steroid dienone is 2. The Morgan fingerprint density at radius 3 is 2.64 bits per heavy atom. The van der Waals surface area contributed by atoms with E-state index >= 15 is 0 Å². The van der Waals surface area contributed by atoms with Crippen LogP contribution in [-0.4, -0.2) is 23.7 Å². The van der Waals surface area contributed by atoms with Gasteiger partial charge in [0.05, 0.1) is 12.2 Å². The smallest absolute Gasteiger partial charge is 0.181 e. The molecule has 5 rings (SSSR count). The number of aliphatic hydroxyl groups is 1. The lowest BCUT2D eigenvalue weighted by atomic mass is 9.76. The third-order valence-electron chi connectivity index (χ3n) is 7.22. The van der Waals surface area contributed by atoms with Crippen LogP contribution in [-0.2, 0) is 16.8 Å². The molecular formula is C34H28N2O3. The maximum atomic E-state index is 12.9. The minimum absolute atomic E-state index is 0.170. The van der Waals surface area contributed by atoms with E-state index < -0.39 is 5.60 Å². The molecule has 0 aromatic heterocycles. The van der Waals surface area contributed by atoms with E-state index in [0.717, 1.165) is 27.8 Å². The predicted octanol–water partition coefficient (Wildman–Crippen LogP) is 6.14. The molecule has 5 heteroatoms. The Kier molecular flexibility index (Phi) is 6.74. The number of carbonyl (C=O) groups excluding carboxylic acids is 1. The van der Waals surface area contributed by atoms with Crippen LogP contribution in [0.1, 0.15) is 45.9 Å². The number of rotatable bonds is 3. The van der Waals surface area contributed by atoms with E-state index in [2.05, 4.69) is 24.2 Å². The fourth-order valence-corrected chi connectivity index (χ4v) is 5.00. The summed E-state index contributed by atoms with van der Waals surface area (Å²) in [6.45, 7) is 11.9. The monoisotopic (exact) mass is 512 g/mol. The molecule has 192 valence electrons. The zero-order chi connectivity index (χ0) is 27.7. The van der Waals surface area contributed by atoms with Crippen molar-refractivity contribution in [3.8, 4) is 11.8 Å². The number of ketones is 1. The van der Waals surface area contributed by atoms with Crippen LogP contribution in [0.4, 0.5) is 0 Å². The Hall–Kier alpha value is -4.79. The summed E-state index contributed by atoms with van der Waals surface area (Å²) in [4.78, 5) is 17.2. The second-order valence-electron chi connectivity index (χ2n) is 9.91. The lowest BCUT2D eigenvalue weighted by Gasteiger charge is -2.32. The first-order valence-corrected chi connectivity index (χ1v) is 12.7. The zero-order valence-electron chi connectivity index (χ0n) is 22.0. The van der Waals surface area contributed by atoms with Gasteiger partial charge < -0.3 is 9.84 Å². The van der Waals surface area contributed by atoms with Gasteiger partial charge in [-0.3, -0.25) is 9.79 Å². The molecule has 2 aliphatic heterocycles. The van der Waals surface area contributed by atoms with Gasteiger partial charge in [-0.2, -0.15) is 5.26 Å². The van der Waals surface area contributed by atoms with Crippen molar-refractivity contribution in [2.75, 3.05) is 6.61 Å². The summed E-state index contributed by atoms with van der Waals surface area (Å²) in [6, 6.07) is 21.0. The van der Waals surface area contributed by atoms with Gasteiger partial charge in [-0.05, 0) is 88.2 Å². The highest BCUT2D eigenvalue weighted by molar-refractivity contribution is 6.09. The SMILES string of the molecule is C=C(C)C(=O)/C=C1/c2cccc(c2)CCOc2cc(ccc2C#N)C(O)(C2=CN=CC2=C)c2ccc(C)c1c2. The Labute approximate surface area is 228 Å². The van der Waals surface area contributed by atoms with Gasteiger partial charge in [0.2, 0.25) is 0 Å². The van der Waals surface area contributed by atoms with Crippen LogP contribution < -0.4 is 4.74 Å². The highest BCUT2D eigenvalue weighted by atomic mass is 16.5. The molecular weight excluding hydrogens is 484 g/mol. The molecule has 0 amide bonds. The van der Waals surface area contributed by atoms with Crippen LogP contribution in [0.3, 0.4) is 0 Å². The summed E-state index contributed by atoms with van der Waals surface area (Å²) < 4.78 is 6.10. The summed E-state index contributed by atoms with van der Waals surface area (Å²) in [5.74, 6) is 0.226. The van der Waals surface area contributed by atoms with Crippen molar-refractivity contribution >= 4 is 17.6 Å². The molecule has 1 atom stereocenters. The van der Waals surface area contributed by atoms with E-state index in [-0.39, 0.29) is 5.78 Å². The fraction of sp³-hybridized carbons (Fsp3) is 0.147. The summed E-state index contributed by atoms with van der Waals surface area (Å²) in [5.41, 5.74) is 5.73. The number of aryl methyl sites for hydroxylation is 1. The van der Waals surface area contributed by atoms with Crippen molar-refractivity contribution in [1.82, 2.24) is 0 Å². The third-order valence-corrected chi connectivity index (χ3v) is 7.22. The lowest BCUT2D eigenvalue weighted by Crippen LogP contribution is -2.31. The Morgan fingerprint density at radius 1 is 1.15 bits per heavy atom. The number of nitriles is 1. The molecule has 0 fully saturated rings. The van der Waals surface area contributed by atoms with Gasteiger partial charge in [0.25, 0.3) is 0 Å². The first-order chi connectivity index (χ1) is 18.7. The van der Waals surface area contributed by atoms with E-state index in [0.29, 0.717) is 52.2 Å². The standard InChI is InChI=1S/C34H28N2O3/c1-21(2)32(37)17-30-25-7-5-6-24(14-25)12-13-39-33-16-28(11-9-26(33)18-35)34(38,31-20-36-19-23(31)4)27-10-8-22(3)29(30)15-27/h5-11,14-17,19-20,38H,1,4,12-13H2,2-3H3/b30-17-. The van der Waals surface area contributed by atoms with Crippen molar-refractivity contribution < 1.29 is 14.6 Å². The van der Waals surface area contributed by atoms with E-state index in [1.165, 1.54) is 0 Å². The Morgan fingerprint density at radius 2 is 1.92 bits per heavy atom. The van der Waals surface area contributed by atoms with Crippen LogP contribution in [0, 0.1) is 18.3 Å². The minimum atomic E-state index is -1.66. The molecule has 0 saturated carbocycles. The molecule has 3 aromatic carbocycles. The van der Waals surface area contributed by atoms with Crippen molar-refractivity contribution in [3.05, 3.63) is 142 Å². The molecule has 0 spiro atoms. The van der Waals surface area contributed by atoms with Gasteiger partial charge in [-0.25, -0.2) is 0 Å². The molecule has 2 aliphatic rings. The van der Waals surface area contributed by atoms with Gasteiger partial charge in [-0.15, -0.1) is 0 Å². The largest absolute Gasteiger partial charge is 0.492 e. The van der Waals surface area contributed by atoms with Crippen molar-refractivity contribution in [1.29, 1.82) is 5.26 Å². The molecule has 5 nitrogen and oxygen atoms in total. The molecule has 0 aliphatic carbocycles. The van der Waals surface area contributed by atoms with Crippen LogP contribution in [0.25, 0.3) is 5.57 Å². The maximum absolute atomic E-state index is 12.9. The number of hydrogen-bond acceptors (Lipinski definition) is 5. The number of fused-ring (bicyclic) bond motifs is 6. The Balaban J connectivity index is 1.85. The van der Waals surface area contributed by atoms with Crippen molar-refractivity contribution in [2.24, 2.45) is 4.99 Å². The summed E-state index contributed by atoms with van der Waals surface area (Å²) in [7, 11) is 0. The maximum Gasteiger partial charge on any atom is 0.181 e. The molecule has 1 N–H and O–H groups in total. The van der Waals surface area contributed by atoms with Crippen molar-refractivity contribution in [3.63, 3.8) is 0 Å². The van der Waals surface area contributed by atoms with E-state index in [1.54, 1.807) is 43.6 Å². The van der Waals surface area contributed by atoms with Crippen LogP contribution >= 0.6 is 0 Å². The molecule has 2 heterocycles. The molecule has 39 heavy (non-hydrogen) atoms. The third kappa shape index (κ3) is 4.67. The number of carbonyl (C=O) groups is 1. The molecule has 0 saturated heterocycles. The first kappa shape index (κ1) is 25.8. The number of nitrogens with zero attached hydrogens (tertiary/aromatic N) is 2. The number of aliphatic imine (C=N–C) groups is 1. The highest BCUT2D eigenvalue weighted by Crippen LogP contribution is 2.44. The average Bonchev–Trinajstić information content (AvgIpc) is 3.37. The summed E-state index contributed by atoms with van der Waals surface area (Å²) in [6.07, 6.45) is 5.42. The van der Waals surface area contributed by atoms with E-state index in [9.17, 15) is 15.2 Å². The van der Waals surface area contributed by atoms with E-state index in [1.807, 2.05) is 49.4 Å². The lowest BCUT2D eigenvalue weighted by molar-refractivity contribution is -0.111. The molecule has 3 aromatic rings. The first-order valence-electron chi connectivity index (χ1n) is 12.7. The number of benzene rings is 3. The van der Waals surface area contributed by atoms with Gasteiger partial charge in [0, 0.05) is 24.4 Å². The number of ether oxygens (including phenoxy) is 1. The molecule has 1 unspecified atom stereocenters. The van der Waals surface area contributed by atoms with Gasteiger partial charge in [0.15, 0.2) is 5.78 Å². The second-order valence-corrected chi connectivity index (χ2v) is 9.91. The predicted molar refractivity (Wildman–Crippen MR) is 154 cm³/mol. The fourth-order valence-electron chi connectivity index (χ4n) is 5.00. The van der Waals surface area contributed by atoms with E-state index in [4.69, 9.17) is 4.74 Å². The van der Waals surface area contributed by atoms with Crippen LogP contribution in [0.2, 0.25) is 0 Å². The highest BCUT2D eigenvalue weighted by Gasteiger charge is 2.39. The van der Waals surface area contributed by atoms with Gasteiger partial charge >= 0.3 is 0 Å². The van der Waals surface area contributed by atoms with Crippen molar-refractivity contribution in [2.45, 2.75) is 25.9 Å². The van der Waals surface area contributed by atoms with Gasteiger partial charge in [0.1, 0.15) is 17.4 Å². The second kappa shape index (κ2) is 10.2. The summed E-state index contributed by atoms with van der Waals surface area (Å²) >= 11 is 0. The quantitative estimate of drug-likeness (QED) is 0.428. The number of hydrogen-bond donors (Lipinski definition) is 1. The topological polar surface area (TPSA) is 82.7 Å². The Bertz CT molecular complexity index is 1680. The van der Waals surface area contributed by atoms with Crippen LogP contribution in [0.5, 0.6) is 5.75 Å². The molecule has 0 radical (unpaired) electrons. The van der Waals surface area contributed by atoms with Crippen LogP contribution in [0.15, 0.2) is 108 Å². The summed E-state index contributed by atoms with van der Waals surface area (Å²) in [5, 5.41) is 22.3.